The van der Waals surface area contributed by atoms with Gasteiger partial charge in [0.25, 0.3) is 11.8 Å². The molecule has 1 aliphatic heterocycles. The lowest BCUT2D eigenvalue weighted by Crippen LogP contribution is -2.32. The van der Waals surface area contributed by atoms with E-state index in [1.807, 2.05) is 6.92 Å². The molecule has 3 aromatic rings. The summed E-state index contributed by atoms with van der Waals surface area (Å²) in [4.78, 5) is 27.3. The highest BCUT2D eigenvalue weighted by atomic mass is 19.1. The third kappa shape index (κ3) is 4.02. The minimum absolute atomic E-state index is 0.0185. The molecule has 5 nitrogen and oxygen atoms in total. The van der Waals surface area contributed by atoms with Crippen molar-refractivity contribution in [2.75, 3.05) is 16.8 Å². The van der Waals surface area contributed by atoms with Gasteiger partial charge in [0.1, 0.15) is 23.1 Å². The predicted octanol–water partition coefficient (Wildman–Crippen LogP) is 4.76. The number of nitrogens with one attached hydrogen (secondary N) is 1. The second-order valence-corrected chi connectivity index (χ2v) is 6.76. The summed E-state index contributed by atoms with van der Waals surface area (Å²) in [6.07, 6.45) is 0. The first-order valence-corrected chi connectivity index (χ1v) is 9.62. The number of nitrogens with zero attached hydrogens (tertiary/aromatic N) is 1. The van der Waals surface area contributed by atoms with E-state index in [9.17, 15) is 18.4 Å². The van der Waals surface area contributed by atoms with Gasteiger partial charge >= 0.3 is 0 Å². The quantitative estimate of drug-likeness (QED) is 0.584. The van der Waals surface area contributed by atoms with E-state index in [-0.39, 0.29) is 17.0 Å². The zero-order valence-corrected chi connectivity index (χ0v) is 16.6. The molecule has 156 valence electrons. The van der Waals surface area contributed by atoms with Crippen molar-refractivity contribution in [3.05, 3.63) is 95.7 Å². The summed E-state index contributed by atoms with van der Waals surface area (Å²) in [5.41, 5.74) is 1.12. The van der Waals surface area contributed by atoms with E-state index in [0.717, 1.165) is 11.0 Å². The van der Waals surface area contributed by atoms with Crippen LogP contribution in [0.3, 0.4) is 0 Å². The predicted molar refractivity (Wildman–Crippen MR) is 113 cm³/mol. The maximum atomic E-state index is 13.8. The summed E-state index contributed by atoms with van der Waals surface area (Å²) < 4.78 is 32.6. The van der Waals surface area contributed by atoms with Gasteiger partial charge in [-0.2, -0.15) is 0 Å². The third-order valence-electron chi connectivity index (χ3n) is 4.72. The normalized spacial score (nSPS) is 13.7. The highest BCUT2D eigenvalue weighted by Gasteiger charge is 2.40. The molecule has 0 radical (unpaired) electrons. The number of hydrogen-bond donors (Lipinski definition) is 1. The number of anilines is 2. The highest BCUT2D eigenvalue weighted by molar-refractivity contribution is 6.46. The molecule has 7 heteroatoms. The van der Waals surface area contributed by atoms with Crippen LogP contribution in [0.25, 0.3) is 5.57 Å². The number of benzene rings is 3. The van der Waals surface area contributed by atoms with Crippen LogP contribution >= 0.6 is 0 Å². The van der Waals surface area contributed by atoms with Gasteiger partial charge in [-0.1, -0.05) is 18.2 Å². The van der Waals surface area contributed by atoms with E-state index >= 15 is 0 Å². The second kappa shape index (κ2) is 8.39. The average molecular weight is 420 g/mol. The molecule has 4 rings (SSSR count). The average Bonchev–Trinajstić information content (AvgIpc) is 3.00. The zero-order chi connectivity index (χ0) is 22.0. The summed E-state index contributed by atoms with van der Waals surface area (Å²) in [5, 5.41) is 2.99. The number of carbonyl (C=O) groups is 2. The first kappa shape index (κ1) is 20.3. The van der Waals surface area contributed by atoms with E-state index in [2.05, 4.69) is 5.32 Å². The first-order chi connectivity index (χ1) is 15.0. The number of carbonyl (C=O) groups excluding carboxylic acids is 2. The van der Waals surface area contributed by atoms with Gasteiger partial charge in [0.2, 0.25) is 0 Å². The molecule has 0 atom stereocenters. The minimum atomic E-state index is -0.635. The molecule has 1 N–H and O–H groups in total. The number of halogens is 2. The molecular weight excluding hydrogens is 402 g/mol. The Bertz CT molecular complexity index is 1170. The highest BCUT2D eigenvalue weighted by Crippen LogP contribution is 2.34. The third-order valence-corrected chi connectivity index (χ3v) is 4.72. The van der Waals surface area contributed by atoms with Crippen molar-refractivity contribution in [3.63, 3.8) is 0 Å². The van der Waals surface area contributed by atoms with Crippen LogP contribution in [0.4, 0.5) is 20.2 Å². The Labute approximate surface area is 177 Å². The molecule has 1 aliphatic rings. The van der Waals surface area contributed by atoms with Crippen LogP contribution in [0.2, 0.25) is 0 Å². The van der Waals surface area contributed by atoms with Crippen molar-refractivity contribution in [2.45, 2.75) is 6.92 Å². The number of rotatable bonds is 6. The molecule has 0 bridgehead atoms. The van der Waals surface area contributed by atoms with E-state index < -0.39 is 23.4 Å². The fourth-order valence-corrected chi connectivity index (χ4v) is 3.33. The number of hydrogen-bond acceptors (Lipinski definition) is 4. The standard InChI is InChI=1S/C24H18F2N2O3/c1-2-31-20-12-10-18(11-13-20)27-22-21(15-6-8-16(25)9-7-15)23(29)28(24(22)30)19-5-3-4-17(26)14-19/h3-14,27H,2H2,1H3. The molecule has 2 amide bonds. The first-order valence-electron chi connectivity index (χ1n) is 9.62. The van der Waals surface area contributed by atoms with Gasteiger partial charge in [0, 0.05) is 5.69 Å². The number of amides is 2. The fourth-order valence-electron chi connectivity index (χ4n) is 3.33. The van der Waals surface area contributed by atoms with Crippen molar-refractivity contribution >= 4 is 28.8 Å². The van der Waals surface area contributed by atoms with Crippen LogP contribution < -0.4 is 15.0 Å². The van der Waals surface area contributed by atoms with Gasteiger partial charge in [0.15, 0.2) is 0 Å². The number of ether oxygens (including phenoxy) is 1. The van der Waals surface area contributed by atoms with Gasteiger partial charge in [-0.3, -0.25) is 9.59 Å². The summed E-state index contributed by atoms with van der Waals surface area (Å²) in [6.45, 7) is 2.39. The summed E-state index contributed by atoms with van der Waals surface area (Å²) in [7, 11) is 0. The Morgan fingerprint density at radius 3 is 2.23 bits per heavy atom. The topological polar surface area (TPSA) is 58.6 Å². The van der Waals surface area contributed by atoms with Gasteiger partial charge in [-0.05, 0) is 67.1 Å². The minimum Gasteiger partial charge on any atom is -0.494 e. The Morgan fingerprint density at radius 1 is 0.871 bits per heavy atom. The van der Waals surface area contributed by atoms with E-state index in [4.69, 9.17) is 4.74 Å². The van der Waals surface area contributed by atoms with Crippen molar-refractivity contribution in [3.8, 4) is 5.75 Å². The molecule has 0 fully saturated rings. The van der Waals surface area contributed by atoms with Crippen LogP contribution in [0, 0.1) is 11.6 Å². The lowest BCUT2D eigenvalue weighted by molar-refractivity contribution is -0.120. The van der Waals surface area contributed by atoms with Gasteiger partial charge < -0.3 is 10.1 Å². The van der Waals surface area contributed by atoms with E-state index in [0.29, 0.717) is 23.6 Å². The Balaban J connectivity index is 1.76. The molecule has 3 aromatic carbocycles. The van der Waals surface area contributed by atoms with E-state index in [1.54, 1.807) is 24.3 Å². The van der Waals surface area contributed by atoms with Gasteiger partial charge in [0.05, 0.1) is 17.9 Å². The summed E-state index contributed by atoms with van der Waals surface area (Å²) >= 11 is 0. The number of imide groups is 1. The van der Waals surface area contributed by atoms with Crippen molar-refractivity contribution in [1.82, 2.24) is 0 Å². The van der Waals surface area contributed by atoms with Crippen molar-refractivity contribution in [1.29, 1.82) is 0 Å². The largest absolute Gasteiger partial charge is 0.494 e. The van der Waals surface area contributed by atoms with Crippen LogP contribution in [0.1, 0.15) is 12.5 Å². The molecular formula is C24H18F2N2O3. The molecule has 0 aliphatic carbocycles. The molecule has 0 spiro atoms. The smallest absolute Gasteiger partial charge is 0.282 e. The van der Waals surface area contributed by atoms with Crippen LogP contribution in [-0.4, -0.2) is 18.4 Å². The zero-order valence-electron chi connectivity index (χ0n) is 16.6. The maximum absolute atomic E-state index is 13.8. The molecule has 1 heterocycles. The summed E-state index contributed by atoms with van der Waals surface area (Å²) in [6, 6.07) is 17.4. The Morgan fingerprint density at radius 2 is 1.58 bits per heavy atom. The van der Waals surface area contributed by atoms with Crippen molar-refractivity contribution in [2.24, 2.45) is 0 Å². The molecule has 31 heavy (non-hydrogen) atoms. The summed E-state index contributed by atoms with van der Waals surface area (Å²) in [5.74, 6) is -1.64. The molecule has 0 saturated carbocycles. The van der Waals surface area contributed by atoms with Crippen LogP contribution in [0.15, 0.2) is 78.5 Å². The van der Waals surface area contributed by atoms with Crippen LogP contribution in [-0.2, 0) is 9.59 Å². The maximum Gasteiger partial charge on any atom is 0.282 e. The molecule has 0 aromatic heterocycles. The lowest BCUT2D eigenvalue weighted by atomic mass is 10.0. The molecule has 0 unspecified atom stereocenters. The van der Waals surface area contributed by atoms with Gasteiger partial charge in [-0.15, -0.1) is 0 Å². The van der Waals surface area contributed by atoms with E-state index in [1.165, 1.54) is 42.5 Å². The van der Waals surface area contributed by atoms with Gasteiger partial charge in [-0.25, -0.2) is 13.7 Å². The Hall–Kier alpha value is -4.00. The lowest BCUT2D eigenvalue weighted by Gasteiger charge is -2.15. The van der Waals surface area contributed by atoms with Crippen molar-refractivity contribution < 1.29 is 23.1 Å². The monoisotopic (exact) mass is 420 g/mol. The van der Waals surface area contributed by atoms with Crippen LogP contribution in [0.5, 0.6) is 5.75 Å². The fraction of sp³-hybridized carbons (Fsp3) is 0.0833. The molecule has 0 saturated heterocycles. The second-order valence-electron chi connectivity index (χ2n) is 6.76. The Kier molecular flexibility index (Phi) is 5.49. The SMILES string of the molecule is CCOc1ccc(NC2=C(c3ccc(F)cc3)C(=O)N(c3cccc(F)c3)C2=O)cc1.